The molecule has 6 rings (SSSR count). The number of amides is 1. The van der Waals surface area contributed by atoms with Crippen LogP contribution in [0.1, 0.15) is 32.6 Å². The molecular weight excluding hydrogens is 484 g/mol. The maximum atomic E-state index is 13.0. The number of nitrogens with two attached hydrogens (primary N) is 1. The molecule has 39 heavy (non-hydrogen) atoms. The van der Waals surface area contributed by atoms with E-state index in [-0.39, 0.29) is 5.91 Å². The van der Waals surface area contributed by atoms with Crippen molar-refractivity contribution in [3.63, 3.8) is 0 Å². The van der Waals surface area contributed by atoms with Crippen molar-refractivity contribution in [3.05, 3.63) is 119 Å². The first-order valence-electron chi connectivity index (χ1n) is 12.8. The Morgan fingerprint density at radius 2 is 1.82 bits per heavy atom. The molecule has 0 aliphatic heterocycles. The summed E-state index contributed by atoms with van der Waals surface area (Å²) in [6.45, 7) is 5.07. The lowest BCUT2D eigenvalue weighted by Gasteiger charge is -2.14. The number of rotatable bonds is 6. The maximum absolute atomic E-state index is 13.0. The van der Waals surface area contributed by atoms with Crippen molar-refractivity contribution >= 4 is 33.3 Å². The van der Waals surface area contributed by atoms with Crippen LogP contribution in [0.4, 0.5) is 5.82 Å². The summed E-state index contributed by atoms with van der Waals surface area (Å²) in [5.41, 5.74) is 13.0. The summed E-state index contributed by atoms with van der Waals surface area (Å²) in [4.78, 5) is 21.7. The fourth-order valence-corrected chi connectivity index (χ4v) is 5.20. The Hall–Kier alpha value is -5.04. The molecule has 3 aromatic heterocycles. The highest BCUT2D eigenvalue weighted by Crippen LogP contribution is 2.29. The molecular formula is C32H28N6O. The van der Waals surface area contributed by atoms with Crippen LogP contribution in [0, 0.1) is 13.8 Å². The Balaban J connectivity index is 1.17. The molecule has 192 valence electrons. The molecule has 3 aromatic carbocycles. The topological polar surface area (TPSA) is 98.7 Å². The molecule has 3 N–H and O–H groups in total. The van der Waals surface area contributed by atoms with Crippen LogP contribution in [0.3, 0.4) is 0 Å². The highest BCUT2D eigenvalue weighted by atomic mass is 16.1. The monoisotopic (exact) mass is 512 g/mol. The third-order valence-corrected chi connectivity index (χ3v) is 7.27. The Labute approximate surface area is 226 Å². The molecule has 0 aliphatic rings. The van der Waals surface area contributed by atoms with Gasteiger partial charge in [-0.15, -0.1) is 0 Å². The molecule has 7 nitrogen and oxygen atoms in total. The second-order valence-electron chi connectivity index (χ2n) is 9.77. The van der Waals surface area contributed by atoms with Gasteiger partial charge in [-0.25, -0.2) is 4.98 Å². The van der Waals surface area contributed by atoms with Crippen LogP contribution in [0.2, 0.25) is 0 Å². The van der Waals surface area contributed by atoms with Crippen molar-refractivity contribution in [1.82, 2.24) is 25.1 Å². The molecule has 0 atom stereocenters. The minimum absolute atomic E-state index is 0.159. The third-order valence-electron chi connectivity index (χ3n) is 7.27. The summed E-state index contributed by atoms with van der Waals surface area (Å²) in [5, 5.41) is 11.8. The zero-order chi connectivity index (χ0) is 26.9. The number of carbonyl (C=O) groups excluding carboxylic acids is 1. The summed E-state index contributed by atoms with van der Waals surface area (Å²) in [7, 11) is 0. The quantitative estimate of drug-likeness (QED) is 0.293. The van der Waals surface area contributed by atoms with Gasteiger partial charge in [0, 0.05) is 36.1 Å². The number of aromatic nitrogens is 4. The molecule has 0 bridgehead atoms. The Morgan fingerprint density at radius 3 is 2.67 bits per heavy atom. The molecule has 0 saturated carbocycles. The van der Waals surface area contributed by atoms with Crippen LogP contribution >= 0.6 is 0 Å². The van der Waals surface area contributed by atoms with E-state index in [9.17, 15) is 4.79 Å². The lowest BCUT2D eigenvalue weighted by atomic mass is 9.96. The van der Waals surface area contributed by atoms with E-state index in [0.717, 1.165) is 55.1 Å². The largest absolute Gasteiger partial charge is 0.383 e. The number of benzene rings is 3. The molecule has 0 saturated heterocycles. The highest BCUT2D eigenvalue weighted by Gasteiger charge is 2.14. The smallest absolute Gasteiger partial charge is 0.254 e. The molecule has 0 spiro atoms. The average molecular weight is 513 g/mol. The van der Waals surface area contributed by atoms with Gasteiger partial charge >= 0.3 is 0 Å². The van der Waals surface area contributed by atoms with Gasteiger partial charge in [-0.3, -0.25) is 14.5 Å². The van der Waals surface area contributed by atoms with Gasteiger partial charge in [-0.05, 0) is 82.6 Å². The Morgan fingerprint density at radius 1 is 0.923 bits per heavy atom. The summed E-state index contributed by atoms with van der Waals surface area (Å²) < 4.78 is 1.79. The number of carbonyl (C=O) groups is 1. The lowest BCUT2D eigenvalue weighted by Crippen LogP contribution is -2.23. The van der Waals surface area contributed by atoms with E-state index < -0.39 is 0 Å². The van der Waals surface area contributed by atoms with Crippen molar-refractivity contribution in [2.24, 2.45) is 0 Å². The molecule has 1 amide bonds. The van der Waals surface area contributed by atoms with E-state index in [4.69, 9.17) is 5.73 Å². The van der Waals surface area contributed by atoms with Gasteiger partial charge in [0.05, 0.1) is 24.0 Å². The minimum atomic E-state index is -0.159. The zero-order valence-electron chi connectivity index (χ0n) is 21.8. The number of nitrogen functional groups attached to an aromatic ring is 1. The summed E-state index contributed by atoms with van der Waals surface area (Å²) in [6.07, 6.45) is 6.93. The highest BCUT2D eigenvalue weighted by molar-refractivity contribution is 5.97. The van der Waals surface area contributed by atoms with Gasteiger partial charge in [0.1, 0.15) is 5.82 Å². The van der Waals surface area contributed by atoms with Crippen LogP contribution in [-0.2, 0) is 13.1 Å². The number of hydrogen-bond acceptors (Lipinski definition) is 5. The van der Waals surface area contributed by atoms with Crippen LogP contribution in [0.25, 0.3) is 32.8 Å². The Bertz CT molecular complexity index is 1840. The van der Waals surface area contributed by atoms with Gasteiger partial charge in [0.2, 0.25) is 0 Å². The second kappa shape index (κ2) is 10.0. The second-order valence-corrected chi connectivity index (χ2v) is 9.77. The van der Waals surface area contributed by atoms with E-state index >= 15 is 0 Å². The molecule has 0 fully saturated rings. The fraction of sp³-hybridized carbons (Fsp3) is 0.125. The first kappa shape index (κ1) is 24.3. The number of nitrogens with zero attached hydrogens (tertiary/aromatic N) is 4. The standard InChI is InChI=1S/C32H28N6O/c1-20-14-28-25(11-13-35-31(28)33)21(2)29(20)17-36-32(39)24-16-37-38(19-24)18-22-9-10-26-23(15-22)6-5-7-27(26)30-8-3-4-12-34-30/h3-16,19H,17-18H2,1-2H3,(H2,33,35)(H,36,39). The van der Waals surface area contributed by atoms with E-state index in [0.29, 0.717) is 24.5 Å². The lowest BCUT2D eigenvalue weighted by molar-refractivity contribution is 0.0950. The zero-order valence-corrected chi connectivity index (χ0v) is 21.8. The van der Waals surface area contributed by atoms with Crippen LogP contribution < -0.4 is 11.1 Å². The number of nitrogens with one attached hydrogen (secondary N) is 1. The maximum Gasteiger partial charge on any atom is 0.254 e. The average Bonchev–Trinajstić information content (AvgIpc) is 3.42. The molecule has 7 heteroatoms. The van der Waals surface area contributed by atoms with E-state index in [1.165, 1.54) is 0 Å². The third kappa shape index (κ3) is 4.70. The van der Waals surface area contributed by atoms with Crippen LogP contribution in [0.5, 0.6) is 0 Å². The van der Waals surface area contributed by atoms with Crippen LogP contribution in [0.15, 0.2) is 91.5 Å². The van der Waals surface area contributed by atoms with Crippen LogP contribution in [-0.4, -0.2) is 25.7 Å². The number of hydrogen-bond donors (Lipinski definition) is 2. The van der Waals surface area contributed by atoms with Gasteiger partial charge in [-0.1, -0.05) is 36.4 Å². The van der Waals surface area contributed by atoms with E-state index in [1.54, 1.807) is 23.3 Å². The van der Waals surface area contributed by atoms with Gasteiger partial charge in [0.15, 0.2) is 0 Å². The SMILES string of the molecule is Cc1cc2c(N)nccc2c(C)c1CNC(=O)c1cnn(Cc2ccc3c(-c4ccccn4)cccc3c2)c1. The van der Waals surface area contributed by atoms with E-state index in [1.807, 2.05) is 43.5 Å². The van der Waals surface area contributed by atoms with Gasteiger partial charge in [-0.2, -0.15) is 5.10 Å². The number of pyridine rings is 2. The summed E-state index contributed by atoms with van der Waals surface area (Å²) in [5.74, 6) is 0.356. The van der Waals surface area contributed by atoms with Crippen molar-refractivity contribution in [3.8, 4) is 11.3 Å². The number of fused-ring (bicyclic) bond motifs is 2. The molecule has 3 heterocycles. The molecule has 0 unspecified atom stereocenters. The Kier molecular flexibility index (Phi) is 6.25. The normalized spacial score (nSPS) is 11.2. The molecule has 0 aliphatic carbocycles. The van der Waals surface area contributed by atoms with Gasteiger partial charge < -0.3 is 11.1 Å². The minimum Gasteiger partial charge on any atom is -0.383 e. The first-order valence-corrected chi connectivity index (χ1v) is 12.8. The van der Waals surface area contributed by atoms with Gasteiger partial charge in [0.25, 0.3) is 5.91 Å². The van der Waals surface area contributed by atoms with Crippen molar-refractivity contribution in [1.29, 1.82) is 0 Å². The van der Waals surface area contributed by atoms with E-state index in [2.05, 4.69) is 63.7 Å². The predicted molar refractivity (Wildman–Crippen MR) is 155 cm³/mol. The first-order chi connectivity index (χ1) is 19.0. The van der Waals surface area contributed by atoms with Crippen molar-refractivity contribution < 1.29 is 4.79 Å². The predicted octanol–water partition coefficient (Wildman–Crippen LogP) is 5.82. The molecule has 0 radical (unpaired) electrons. The van der Waals surface area contributed by atoms with Crippen molar-refractivity contribution in [2.45, 2.75) is 26.9 Å². The number of aryl methyl sites for hydroxylation is 2. The summed E-state index contributed by atoms with van der Waals surface area (Å²) in [6, 6.07) is 22.6. The van der Waals surface area contributed by atoms with Crippen molar-refractivity contribution in [2.75, 3.05) is 5.73 Å². The molecule has 6 aromatic rings. The summed E-state index contributed by atoms with van der Waals surface area (Å²) >= 11 is 0. The number of anilines is 1. The fourth-order valence-electron chi connectivity index (χ4n) is 5.20.